The Morgan fingerprint density at radius 3 is 2.60 bits per heavy atom. The summed E-state index contributed by atoms with van der Waals surface area (Å²) in [5.74, 6) is -0.254. The van der Waals surface area contributed by atoms with Crippen LogP contribution in [0.2, 0.25) is 0 Å². The second-order valence-corrected chi connectivity index (χ2v) is 7.47. The molecular weight excluding hydrogens is 345 g/mol. The smallest absolute Gasteiger partial charge is 0.211 e. The molecule has 20 heavy (non-hydrogen) atoms. The van der Waals surface area contributed by atoms with Crippen LogP contribution in [0.3, 0.4) is 0 Å². The van der Waals surface area contributed by atoms with E-state index in [1.54, 1.807) is 0 Å². The molecule has 0 bridgehead atoms. The van der Waals surface area contributed by atoms with Crippen LogP contribution in [-0.4, -0.2) is 15.0 Å². The molecule has 0 amide bonds. The molecule has 1 rings (SSSR count). The molecular formula is C14H21BrFNO2S. The van der Waals surface area contributed by atoms with E-state index in [9.17, 15) is 12.8 Å². The Bertz CT molecular complexity index is 534. The second-order valence-electron chi connectivity index (χ2n) is 4.84. The number of hydrogen-bond acceptors (Lipinski definition) is 2. The van der Waals surface area contributed by atoms with Crippen LogP contribution in [0.5, 0.6) is 0 Å². The summed E-state index contributed by atoms with van der Waals surface area (Å²) in [5.41, 5.74) is 0. The van der Waals surface area contributed by atoms with Crippen LogP contribution >= 0.6 is 15.9 Å². The molecule has 0 aliphatic heterocycles. The van der Waals surface area contributed by atoms with E-state index in [4.69, 9.17) is 0 Å². The maximum absolute atomic E-state index is 13.4. The van der Waals surface area contributed by atoms with Gasteiger partial charge in [-0.1, -0.05) is 33.1 Å². The lowest BCUT2D eigenvalue weighted by Gasteiger charge is -2.15. The van der Waals surface area contributed by atoms with E-state index in [1.807, 2.05) is 6.92 Å². The standard InChI is InChI=1S/C14H21BrFNO2S/c1-3-5-6-11(4-2)10-17-20(18,19)12-7-8-13(15)14(16)9-12/h7-9,11,17H,3-6,10H2,1-2H3. The first-order chi connectivity index (χ1) is 9.40. The van der Waals surface area contributed by atoms with Crippen molar-refractivity contribution in [2.24, 2.45) is 5.92 Å². The van der Waals surface area contributed by atoms with Crippen LogP contribution in [0.4, 0.5) is 4.39 Å². The minimum Gasteiger partial charge on any atom is -0.211 e. The highest BCUT2D eigenvalue weighted by atomic mass is 79.9. The number of benzene rings is 1. The van der Waals surface area contributed by atoms with E-state index >= 15 is 0 Å². The van der Waals surface area contributed by atoms with Gasteiger partial charge >= 0.3 is 0 Å². The van der Waals surface area contributed by atoms with Gasteiger partial charge in [0.05, 0.1) is 9.37 Å². The molecule has 0 aliphatic carbocycles. The third-order valence-electron chi connectivity index (χ3n) is 3.31. The van der Waals surface area contributed by atoms with Crippen molar-refractivity contribution in [3.05, 3.63) is 28.5 Å². The molecule has 1 unspecified atom stereocenters. The van der Waals surface area contributed by atoms with Gasteiger partial charge in [0.2, 0.25) is 10.0 Å². The third kappa shape index (κ3) is 5.14. The maximum Gasteiger partial charge on any atom is 0.240 e. The highest BCUT2D eigenvalue weighted by Crippen LogP contribution is 2.20. The Balaban J connectivity index is 2.71. The number of sulfonamides is 1. The summed E-state index contributed by atoms with van der Waals surface area (Å²) < 4.78 is 40.4. The fourth-order valence-corrected chi connectivity index (χ4v) is 3.27. The molecule has 1 atom stereocenters. The molecule has 114 valence electrons. The van der Waals surface area contributed by atoms with E-state index in [-0.39, 0.29) is 9.37 Å². The fraction of sp³-hybridized carbons (Fsp3) is 0.571. The summed E-state index contributed by atoms with van der Waals surface area (Å²) in [7, 11) is -3.64. The van der Waals surface area contributed by atoms with E-state index in [1.165, 1.54) is 12.1 Å². The average molecular weight is 366 g/mol. The quantitative estimate of drug-likeness (QED) is 0.754. The molecule has 3 nitrogen and oxygen atoms in total. The topological polar surface area (TPSA) is 46.2 Å². The molecule has 0 spiro atoms. The van der Waals surface area contributed by atoms with E-state index in [2.05, 4.69) is 27.6 Å². The normalized spacial score (nSPS) is 13.4. The van der Waals surface area contributed by atoms with Crippen LogP contribution in [0.1, 0.15) is 39.5 Å². The molecule has 1 aromatic rings. The number of unbranched alkanes of at least 4 members (excludes halogenated alkanes) is 1. The third-order valence-corrected chi connectivity index (χ3v) is 5.37. The van der Waals surface area contributed by atoms with Crippen molar-refractivity contribution in [3.8, 4) is 0 Å². The van der Waals surface area contributed by atoms with E-state index < -0.39 is 15.8 Å². The summed E-state index contributed by atoms with van der Waals surface area (Å²) in [4.78, 5) is -0.0384. The molecule has 0 fully saturated rings. The summed E-state index contributed by atoms with van der Waals surface area (Å²) in [5, 5.41) is 0. The van der Waals surface area contributed by atoms with Crippen LogP contribution in [0, 0.1) is 11.7 Å². The lowest BCUT2D eigenvalue weighted by Crippen LogP contribution is -2.29. The lowest BCUT2D eigenvalue weighted by atomic mass is 10.00. The van der Waals surface area contributed by atoms with Gasteiger partial charge in [-0.3, -0.25) is 0 Å². The van der Waals surface area contributed by atoms with Gasteiger partial charge in [0, 0.05) is 6.54 Å². The average Bonchev–Trinajstić information content (AvgIpc) is 2.42. The predicted octanol–water partition coefficient (Wildman–Crippen LogP) is 4.08. The minimum absolute atomic E-state index is 0.0384. The van der Waals surface area contributed by atoms with Gasteiger partial charge < -0.3 is 0 Å². The van der Waals surface area contributed by atoms with Crippen molar-refractivity contribution in [3.63, 3.8) is 0 Å². The van der Waals surface area contributed by atoms with E-state index in [0.29, 0.717) is 12.5 Å². The number of halogens is 2. The molecule has 0 aliphatic rings. The monoisotopic (exact) mass is 365 g/mol. The van der Waals surface area contributed by atoms with Crippen molar-refractivity contribution in [1.29, 1.82) is 0 Å². The Labute approximate surface area is 129 Å². The van der Waals surface area contributed by atoms with Gasteiger partial charge in [-0.2, -0.15) is 0 Å². The van der Waals surface area contributed by atoms with Gasteiger partial charge in [-0.25, -0.2) is 17.5 Å². The first-order valence-electron chi connectivity index (χ1n) is 6.85. The van der Waals surface area contributed by atoms with Gasteiger partial charge in [0.1, 0.15) is 5.82 Å². The fourth-order valence-electron chi connectivity index (χ4n) is 1.90. The van der Waals surface area contributed by atoms with Gasteiger partial charge in [-0.15, -0.1) is 0 Å². The molecule has 6 heteroatoms. The Kier molecular flexibility index (Phi) is 7.12. The molecule has 0 aromatic heterocycles. The summed E-state index contributed by atoms with van der Waals surface area (Å²) in [6.45, 7) is 4.56. The Hall–Kier alpha value is -0.460. The molecule has 0 radical (unpaired) electrons. The molecule has 1 aromatic carbocycles. The zero-order valence-corrected chi connectivity index (χ0v) is 14.2. The van der Waals surface area contributed by atoms with Crippen LogP contribution in [0.25, 0.3) is 0 Å². The van der Waals surface area contributed by atoms with Crippen molar-refractivity contribution in [1.82, 2.24) is 4.72 Å². The van der Waals surface area contributed by atoms with Crippen LogP contribution in [-0.2, 0) is 10.0 Å². The van der Waals surface area contributed by atoms with Crippen molar-refractivity contribution >= 4 is 26.0 Å². The second kappa shape index (κ2) is 8.10. The lowest BCUT2D eigenvalue weighted by molar-refractivity contribution is 0.443. The SMILES string of the molecule is CCCCC(CC)CNS(=O)(=O)c1ccc(Br)c(F)c1. The summed E-state index contributed by atoms with van der Waals surface area (Å²) in [6, 6.07) is 3.82. The Morgan fingerprint density at radius 2 is 2.05 bits per heavy atom. The number of nitrogens with one attached hydrogen (secondary N) is 1. The minimum atomic E-state index is -3.64. The Morgan fingerprint density at radius 1 is 1.35 bits per heavy atom. The first kappa shape index (κ1) is 17.6. The van der Waals surface area contributed by atoms with Crippen molar-refractivity contribution in [2.45, 2.75) is 44.4 Å². The van der Waals surface area contributed by atoms with Gasteiger partial charge in [-0.05, 0) is 46.5 Å². The van der Waals surface area contributed by atoms with Crippen LogP contribution < -0.4 is 4.72 Å². The zero-order valence-electron chi connectivity index (χ0n) is 11.8. The largest absolute Gasteiger partial charge is 0.240 e. The molecule has 0 saturated heterocycles. The van der Waals surface area contributed by atoms with Gasteiger partial charge in [0.25, 0.3) is 0 Å². The number of rotatable bonds is 8. The summed E-state index contributed by atoms with van der Waals surface area (Å²) in [6.07, 6.45) is 4.12. The first-order valence-corrected chi connectivity index (χ1v) is 9.13. The maximum atomic E-state index is 13.4. The molecule has 1 N–H and O–H groups in total. The number of hydrogen-bond donors (Lipinski definition) is 1. The zero-order chi connectivity index (χ0) is 15.2. The molecule has 0 heterocycles. The van der Waals surface area contributed by atoms with Crippen molar-refractivity contribution in [2.75, 3.05) is 6.54 Å². The van der Waals surface area contributed by atoms with Crippen molar-refractivity contribution < 1.29 is 12.8 Å². The highest BCUT2D eigenvalue weighted by molar-refractivity contribution is 9.10. The van der Waals surface area contributed by atoms with Gasteiger partial charge in [0.15, 0.2) is 0 Å². The highest BCUT2D eigenvalue weighted by Gasteiger charge is 2.17. The van der Waals surface area contributed by atoms with Crippen LogP contribution in [0.15, 0.2) is 27.6 Å². The summed E-state index contributed by atoms with van der Waals surface area (Å²) >= 11 is 3.01. The van der Waals surface area contributed by atoms with E-state index in [0.717, 1.165) is 31.7 Å². The predicted molar refractivity (Wildman–Crippen MR) is 82.6 cm³/mol. The molecule has 0 saturated carbocycles.